The van der Waals surface area contributed by atoms with Crippen molar-refractivity contribution in [3.05, 3.63) is 65.6 Å². The molecule has 2 aromatic heterocycles. The fourth-order valence-electron chi connectivity index (χ4n) is 2.94. The van der Waals surface area contributed by atoms with Gasteiger partial charge in [0.25, 0.3) is 5.91 Å². The quantitative estimate of drug-likeness (QED) is 0.738. The zero-order chi connectivity index (χ0) is 17.9. The van der Waals surface area contributed by atoms with E-state index in [4.69, 9.17) is 4.74 Å². The highest BCUT2D eigenvalue weighted by molar-refractivity contribution is 5.92. The van der Waals surface area contributed by atoms with Gasteiger partial charge in [0, 0.05) is 37.6 Å². The average molecular weight is 349 g/mol. The first-order valence-electron chi connectivity index (χ1n) is 8.39. The van der Waals surface area contributed by atoms with E-state index in [1.54, 1.807) is 13.3 Å². The van der Waals surface area contributed by atoms with E-state index >= 15 is 0 Å². The third-order valence-corrected chi connectivity index (χ3v) is 4.39. The maximum Gasteiger partial charge on any atom is 0.271 e. The zero-order valence-corrected chi connectivity index (χ0v) is 14.3. The van der Waals surface area contributed by atoms with Gasteiger partial charge >= 0.3 is 0 Å². The van der Waals surface area contributed by atoms with Crippen LogP contribution in [0, 0.1) is 0 Å². The summed E-state index contributed by atoms with van der Waals surface area (Å²) in [6, 6.07) is 11.6. The Morgan fingerprint density at radius 1 is 1.38 bits per heavy atom. The van der Waals surface area contributed by atoms with Crippen molar-refractivity contribution in [3.8, 4) is 5.75 Å². The summed E-state index contributed by atoms with van der Waals surface area (Å²) in [5.74, 6) is 0.797. The summed E-state index contributed by atoms with van der Waals surface area (Å²) in [6.45, 7) is 1.20. The molecular weight excluding hydrogens is 330 g/mol. The summed E-state index contributed by atoms with van der Waals surface area (Å²) >= 11 is 0. The van der Waals surface area contributed by atoms with E-state index in [-0.39, 0.29) is 11.8 Å². The number of hydrogen-bond donors (Lipinski definition) is 2. The Bertz CT molecular complexity index is 979. The van der Waals surface area contributed by atoms with E-state index in [0.29, 0.717) is 12.2 Å². The number of carbonyl (C=O) groups is 1. The molecule has 4 rings (SSSR count). The molecule has 1 amide bonds. The van der Waals surface area contributed by atoms with Crippen LogP contribution in [0.5, 0.6) is 5.75 Å². The molecule has 2 N–H and O–H groups in total. The molecule has 3 heterocycles. The summed E-state index contributed by atoms with van der Waals surface area (Å²) in [5, 5.41) is 6.94. The molecule has 0 radical (unpaired) electrons. The van der Waals surface area contributed by atoms with E-state index in [0.717, 1.165) is 29.1 Å². The molecule has 0 saturated heterocycles. The van der Waals surface area contributed by atoms with Crippen molar-refractivity contribution >= 4 is 17.8 Å². The highest BCUT2D eigenvalue weighted by Gasteiger charge is 2.15. The van der Waals surface area contributed by atoms with Crippen LogP contribution >= 0.6 is 0 Å². The van der Waals surface area contributed by atoms with Gasteiger partial charge in [-0.05, 0) is 35.4 Å². The van der Waals surface area contributed by atoms with Crippen molar-refractivity contribution < 1.29 is 9.53 Å². The molecule has 26 heavy (non-hydrogen) atoms. The maximum absolute atomic E-state index is 12.4. The summed E-state index contributed by atoms with van der Waals surface area (Å²) in [5.41, 5.74) is 6.18. The molecular formula is C19H19N5O2. The summed E-state index contributed by atoms with van der Waals surface area (Å²) in [4.78, 5) is 16.9. The number of amides is 1. The fraction of sp³-hybridized carbons (Fsp3) is 0.211. The van der Waals surface area contributed by atoms with Gasteiger partial charge in [0.15, 0.2) is 0 Å². The SMILES string of the molecule is COc1cccc(CNC(=O)c2cn3ccc(C4C=NNC4)cc3n2)c1. The standard InChI is InChI=1S/C19H19N5O2/c1-26-16-4-2-3-13(7-16)9-20-19(25)17-12-24-6-5-14(8-18(24)23-17)15-10-21-22-11-15/h2-8,10,12,15,22H,9,11H2,1H3,(H,20,25). The highest BCUT2D eigenvalue weighted by atomic mass is 16.5. The molecule has 1 aliphatic heterocycles. The van der Waals surface area contributed by atoms with Gasteiger partial charge in [-0.1, -0.05) is 12.1 Å². The molecule has 0 saturated carbocycles. The minimum atomic E-state index is -0.206. The Morgan fingerprint density at radius 2 is 2.31 bits per heavy atom. The predicted molar refractivity (Wildman–Crippen MR) is 98.6 cm³/mol. The van der Waals surface area contributed by atoms with Crippen LogP contribution in [0.3, 0.4) is 0 Å². The fourth-order valence-corrected chi connectivity index (χ4v) is 2.94. The van der Waals surface area contributed by atoms with E-state index in [2.05, 4.69) is 20.8 Å². The van der Waals surface area contributed by atoms with Crippen LogP contribution in [-0.4, -0.2) is 35.2 Å². The lowest BCUT2D eigenvalue weighted by Gasteiger charge is -2.05. The van der Waals surface area contributed by atoms with Crippen LogP contribution in [0.2, 0.25) is 0 Å². The molecule has 0 fully saturated rings. The van der Waals surface area contributed by atoms with Crippen molar-refractivity contribution in [2.75, 3.05) is 13.7 Å². The van der Waals surface area contributed by atoms with Crippen LogP contribution in [0.25, 0.3) is 5.65 Å². The van der Waals surface area contributed by atoms with Crippen LogP contribution in [0.15, 0.2) is 53.9 Å². The van der Waals surface area contributed by atoms with E-state index in [9.17, 15) is 4.79 Å². The highest BCUT2D eigenvalue weighted by Crippen LogP contribution is 2.18. The first-order chi connectivity index (χ1) is 12.7. The van der Waals surface area contributed by atoms with Crippen molar-refractivity contribution in [1.29, 1.82) is 0 Å². The number of ether oxygens (including phenoxy) is 1. The second-order valence-electron chi connectivity index (χ2n) is 6.13. The van der Waals surface area contributed by atoms with Gasteiger partial charge in [-0.3, -0.25) is 4.79 Å². The summed E-state index contributed by atoms with van der Waals surface area (Å²) < 4.78 is 7.05. The smallest absolute Gasteiger partial charge is 0.271 e. The third-order valence-electron chi connectivity index (χ3n) is 4.39. The number of imidazole rings is 1. The Kier molecular flexibility index (Phi) is 4.27. The number of carbonyl (C=O) groups excluding carboxylic acids is 1. The first-order valence-corrected chi connectivity index (χ1v) is 8.39. The van der Waals surface area contributed by atoms with Gasteiger partial charge in [0.2, 0.25) is 0 Å². The number of hydrogen-bond acceptors (Lipinski definition) is 5. The van der Waals surface area contributed by atoms with Gasteiger partial charge in [0.05, 0.1) is 7.11 Å². The molecule has 1 aromatic carbocycles. The predicted octanol–water partition coefficient (Wildman–Crippen LogP) is 1.95. The Hall–Kier alpha value is -3.35. The maximum atomic E-state index is 12.4. The summed E-state index contributed by atoms with van der Waals surface area (Å²) in [7, 11) is 1.62. The molecule has 1 unspecified atom stereocenters. The van der Waals surface area contributed by atoms with Crippen molar-refractivity contribution in [2.24, 2.45) is 5.10 Å². The average Bonchev–Trinajstić information content (AvgIpc) is 3.35. The van der Waals surface area contributed by atoms with Gasteiger partial charge < -0.3 is 19.9 Å². The van der Waals surface area contributed by atoms with Gasteiger partial charge in [-0.25, -0.2) is 4.98 Å². The zero-order valence-electron chi connectivity index (χ0n) is 14.3. The van der Waals surface area contributed by atoms with E-state index < -0.39 is 0 Å². The summed E-state index contributed by atoms with van der Waals surface area (Å²) in [6.07, 6.45) is 5.54. The van der Waals surface area contributed by atoms with Crippen molar-refractivity contribution in [3.63, 3.8) is 0 Å². The second-order valence-corrected chi connectivity index (χ2v) is 6.13. The second kappa shape index (κ2) is 6.87. The third kappa shape index (κ3) is 3.23. The Morgan fingerprint density at radius 3 is 3.12 bits per heavy atom. The van der Waals surface area contributed by atoms with Crippen LogP contribution in [0.4, 0.5) is 0 Å². The number of pyridine rings is 1. The van der Waals surface area contributed by atoms with Crippen LogP contribution in [-0.2, 0) is 6.54 Å². The van der Waals surface area contributed by atoms with Crippen molar-refractivity contribution in [2.45, 2.75) is 12.5 Å². The number of fused-ring (bicyclic) bond motifs is 1. The minimum Gasteiger partial charge on any atom is -0.497 e. The number of benzene rings is 1. The molecule has 3 aromatic rings. The monoisotopic (exact) mass is 349 g/mol. The molecule has 7 nitrogen and oxygen atoms in total. The Labute approximate surface area is 150 Å². The molecule has 1 aliphatic rings. The molecule has 1 atom stereocenters. The lowest BCUT2D eigenvalue weighted by molar-refractivity contribution is 0.0946. The minimum absolute atomic E-state index is 0.206. The largest absolute Gasteiger partial charge is 0.497 e. The van der Waals surface area contributed by atoms with Gasteiger partial charge in [-0.15, -0.1) is 0 Å². The number of aromatic nitrogens is 2. The molecule has 7 heteroatoms. The first kappa shape index (κ1) is 16.1. The van der Waals surface area contributed by atoms with Gasteiger partial charge in [-0.2, -0.15) is 5.10 Å². The number of nitrogens with zero attached hydrogens (tertiary/aromatic N) is 3. The van der Waals surface area contributed by atoms with Crippen LogP contribution in [0.1, 0.15) is 27.5 Å². The molecule has 0 spiro atoms. The van der Waals surface area contributed by atoms with E-state index in [1.807, 2.05) is 53.2 Å². The molecule has 132 valence electrons. The Balaban J connectivity index is 1.48. The topological polar surface area (TPSA) is 80.0 Å². The number of rotatable bonds is 5. The molecule has 0 aliphatic carbocycles. The number of nitrogens with one attached hydrogen (secondary N) is 2. The van der Waals surface area contributed by atoms with Crippen LogP contribution < -0.4 is 15.5 Å². The number of hydrazone groups is 1. The normalized spacial score (nSPS) is 15.8. The van der Waals surface area contributed by atoms with E-state index in [1.165, 1.54) is 0 Å². The van der Waals surface area contributed by atoms with Crippen molar-refractivity contribution in [1.82, 2.24) is 20.1 Å². The number of methoxy groups -OCH3 is 1. The lowest BCUT2D eigenvalue weighted by atomic mass is 10.0. The molecule has 0 bridgehead atoms. The lowest BCUT2D eigenvalue weighted by Crippen LogP contribution is -2.23. The van der Waals surface area contributed by atoms with Gasteiger partial charge in [0.1, 0.15) is 17.1 Å².